The van der Waals surface area contributed by atoms with Gasteiger partial charge < -0.3 is 14.7 Å². The van der Waals surface area contributed by atoms with Crippen LogP contribution in [0.25, 0.3) is 0 Å². The lowest BCUT2D eigenvalue weighted by molar-refractivity contribution is -0.138. The fraction of sp³-hybridized carbons (Fsp3) is 0.375. The molecule has 21 heavy (non-hydrogen) atoms. The highest BCUT2D eigenvalue weighted by atomic mass is 16.5. The zero-order valence-electron chi connectivity index (χ0n) is 12.2. The number of benzene rings is 1. The van der Waals surface area contributed by atoms with Crippen molar-refractivity contribution in [1.82, 2.24) is 4.90 Å². The van der Waals surface area contributed by atoms with E-state index in [1.807, 2.05) is 24.3 Å². The Kier molecular flexibility index (Phi) is 7.01. The van der Waals surface area contributed by atoms with Gasteiger partial charge in [-0.15, -0.1) is 6.58 Å². The standard InChI is InChI=1S/C16H21NO4/c1-3-10-17(11-9-16(19)20)15(18)12-21-14-7-5-13(4-2)6-8-14/h3,5-8H,1,4,9-12H2,2H3,(H,19,20). The molecule has 0 aliphatic carbocycles. The second-order valence-electron chi connectivity index (χ2n) is 4.56. The van der Waals surface area contributed by atoms with E-state index in [4.69, 9.17) is 9.84 Å². The van der Waals surface area contributed by atoms with Crippen LogP contribution in [0.1, 0.15) is 18.9 Å². The Bertz CT molecular complexity index is 482. The summed E-state index contributed by atoms with van der Waals surface area (Å²) < 4.78 is 5.43. The van der Waals surface area contributed by atoms with Gasteiger partial charge in [0.2, 0.25) is 0 Å². The van der Waals surface area contributed by atoms with Crippen LogP contribution < -0.4 is 4.74 Å². The molecule has 0 aliphatic heterocycles. The summed E-state index contributed by atoms with van der Waals surface area (Å²) in [5.41, 5.74) is 1.20. The van der Waals surface area contributed by atoms with Crippen molar-refractivity contribution in [3.8, 4) is 5.75 Å². The van der Waals surface area contributed by atoms with Crippen molar-refractivity contribution >= 4 is 11.9 Å². The van der Waals surface area contributed by atoms with Gasteiger partial charge in [-0.2, -0.15) is 0 Å². The topological polar surface area (TPSA) is 66.8 Å². The number of rotatable bonds is 9. The summed E-state index contributed by atoms with van der Waals surface area (Å²) in [6.45, 7) is 5.98. The normalized spacial score (nSPS) is 9.95. The number of ether oxygens (including phenoxy) is 1. The molecule has 5 heteroatoms. The van der Waals surface area contributed by atoms with Crippen molar-refractivity contribution < 1.29 is 19.4 Å². The van der Waals surface area contributed by atoms with Crippen LogP contribution in [0.2, 0.25) is 0 Å². The van der Waals surface area contributed by atoms with Gasteiger partial charge in [-0.3, -0.25) is 9.59 Å². The van der Waals surface area contributed by atoms with E-state index >= 15 is 0 Å². The number of carbonyl (C=O) groups excluding carboxylic acids is 1. The molecule has 0 bridgehead atoms. The number of carboxylic acid groups (broad SMARTS) is 1. The second-order valence-corrected chi connectivity index (χ2v) is 4.56. The predicted molar refractivity (Wildman–Crippen MR) is 80.3 cm³/mol. The Labute approximate surface area is 124 Å². The molecule has 0 fully saturated rings. The molecule has 0 heterocycles. The summed E-state index contributed by atoms with van der Waals surface area (Å²) in [5.74, 6) is -0.569. The highest BCUT2D eigenvalue weighted by Crippen LogP contribution is 2.12. The number of hydrogen-bond acceptors (Lipinski definition) is 3. The van der Waals surface area contributed by atoms with Gasteiger partial charge >= 0.3 is 5.97 Å². The SMILES string of the molecule is C=CCN(CCC(=O)O)C(=O)COc1ccc(CC)cc1. The van der Waals surface area contributed by atoms with Crippen LogP contribution in [-0.2, 0) is 16.0 Å². The third kappa shape index (κ3) is 6.12. The van der Waals surface area contributed by atoms with E-state index in [-0.39, 0.29) is 25.5 Å². The first-order chi connectivity index (χ1) is 10.1. The molecular weight excluding hydrogens is 270 g/mol. The van der Waals surface area contributed by atoms with Gasteiger partial charge in [0.1, 0.15) is 5.75 Å². The van der Waals surface area contributed by atoms with E-state index in [1.54, 1.807) is 6.08 Å². The minimum Gasteiger partial charge on any atom is -0.484 e. The monoisotopic (exact) mass is 291 g/mol. The molecule has 114 valence electrons. The number of carbonyl (C=O) groups is 2. The number of hydrogen-bond donors (Lipinski definition) is 1. The highest BCUT2D eigenvalue weighted by molar-refractivity contribution is 5.78. The van der Waals surface area contributed by atoms with E-state index in [0.717, 1.165) is 6.42 Å². The zero-order chi connectivity index (χ0) is 15.7. The molecule has 0 spiro atoms. The number of nitrogens with zero attached hydrogens (tertiary/aromatic N) is 1. The Hall–Kier alpha value is -2.30. The molecule has 0 unspecified atom stereocenters. The van der Waals surface area contributed by atoms with Gasteiger partial charge in [0.25, 0.3) is 5.91 Å². The summed E-state index contributed by atoms with van der Waals surface area (Å²) in [6.07, 6.45) is 2.42. The van der Waals surface area contributed by atoms with Crippen molar-refractivity contribution in [3.05, 3.63) is 42.5 Å². The maximum atomic E-state index is 12.0. The van der Waals surface area contributed by atoms with Crippen molar-refractivity contribution in [2.75, 3.05) is 19.7 Å². The molecule has 0 saturated heterocycles. The molecule has 0 aliphatic rings. The van der Waals surface area contributed by atoms with Crippen molar-refractivity contribution in [2.24, 2.45) is 0 Å². The van der Waals surface area contributed by atoms with Crippen LogP contribution in [0.15, 0.2) is 36.9 Å². The van der Waals surface area contributed by atoms with Crippen LogP contribution in [0.5, 0.6) is 5.75 Å². The van der Waals surface area contributed by atoms with E-state index < -0.39 is 5.97 Å². The van der Waals surface area contributed by atoms with Crippen molar-refractivity contribution in [2.45, 2.75) is 19.8 Å². The third-order valence-corrected chi connectivity index (χ3v) is 2.99. The first kappa shape index (κ1) is 16.8. The Morgan fingerprint density at radius 3 is 2.52 bits per heavy atom. The van der Waals surface area contributed by atoms with Gasteiger partial charge in [-0.25, -0.2) is 0 Å². The molecule has 1 aromatic rings. The summed E-state index contributed by atoms with van der Waals surface area (Å²) in [5, 5.41) is 8.67. The van der Waals surface area contributed by atoms with Gasteiger partial charge in [-0.05, 0) is 24.1 Å². The lowest BCUT2D eigenvalue weighted by Crippen LogP contribution is -2.36. The second kappa shape index (κ2) is 8.79. The summed E-state index contributed by atoms with van der Waals surface area (Å²) in [4.78, 5) is 24.0. The molecule has 1 rings (SSSR count). The summed E-state index contributed by atoms with van der Waals surface area (Å²) in [6, 6.07) is 7.54. The number of carboxylic acids is 1. The molecule has 1 amide bonds. The average molecular weight is 291 g/mol. The van der Waals surface area contributed by atoms with Gasteiger partial charge in [0, 0.05) is 13.1 Å². The molecule has 0 radical (unpaired) electrons. The van der Waals surface area contributed by atoms with E-state index in [1.165, 1.54) is 10.5 Å². The number of amides is 1. The van der Waals surface area contributed by atoms with E-state index in [2.05, 4.69) is 13.5 Å². The van der Waals surface area contributed by atoms with Gasteiger partial charge in [0.05, 0.1) is 6.42 Å². The average Bonchev–Trinajstić information content (AvgIpc) is 2.49. The maximum absolute atomic E-state index is 12.0. The molecule has 1 aromatic carbocycles. The van der Waals surface area contributed by atoms with Gasteiger partial charge in [-0.1, -0.05) is 25.1 Å². The predicted octanol–water partition coefficient (Wildman–Crippen LogP) is 2.12. The minimum atomic E-state index is -0.937. The Balaban J connectivity index is 2.51. The molecule has 0 saturated carbocycles. The molecular formula is C16H21NO4. The summed E-state index contributed by atoms with van der Waals surface area (Å²) in [7, 11) is 0. The highest BCUT2D eigenvalue weighted by Gasteiger charge is 2.14. The maximum Gasteiger partial charge on any atom is 0.305 e. The zero-order valence-corrected chi connectivity index (χ0v) is 12.2. The summed E-state index contributed by atoms with van der Waals surface area (Å²) >= 11 is 0. The van der Waals surface area contributed by atoms with Gasteiger partial charge in [0.15, 0.2) is 6.61 Å². The van der Waals surface area contributed by atoms with Crippen LogP contribution in [-0.4, -0.2) is 41.6 Å². The fourth-order valence-corrected chi connectivity index (χ4v) is 1.76. The number of aryl methyl sites for hydroxylation is 1. The van der Waals surface area contributed by atoms with Crippen molar-refractivity contribution in [3.63, 3.8) is 0 Å². The lowest BCUT2D eigenvalue weighted by Gasteiger charge is -2.20. The van der Waals surface area contributed by atoms with Crippen LogP contribution in [0.3, 0.4) is 0 Å². The smallest absolute Gasteiger partial charge is 0.305 e. The minimum absolute atomic E-state index is 0.0925. The Morgan fingerprint density at radius 2 is 2.00 bits per heavy atom. The van der Waals surface area contributed by atoms with Crippen molar-refractivity contribution in [1.29, 1.82) is 0 Å². The first-order valence-corrected chi connectivity index (χ1v) is 6.89. The largest absolute Gasteiger partial charge is 0.484 e. The molecule has 0 aromatic heterocycles. The fourth-order valence-electron chi connectivity index (χ4n) is 1.76. The third-order valence-electron chi connectivity index (χ3n) is 2.99. The quantitative estimate of drug-likeness (QED) is 0.708. The number of aliphatic carboxylic acids is 1. The first-order valence-electron chi connectivity index (χ1n) is 6.89. The van der Waals surface area contributed by atoms with Crippen LogP contribution in [0, 0.1) is 0 Å². The molecule has 0 atom stereocenters. The molecule has 1 N–H and O–H groups in total. The van der Waals surface area contributed by atoms with E-state index in [0.29, 0.717) is 12.3 Å². The Morgan fingerprint density at radius 1 is 1.33 bits per heavy atom. The lowest BCUT2D eigenvalue weighted by atomic mass is 10.2. The van der Waals surface area contributed by atoms with Crippen LogP contribution >= 0.6 is 0 Å². The molecule has 5 nitrogen and oxygen atoms in total. The van der Waals surface area contributed by atoms with E-state index in [9.17, 15) is 9.59 Å². The van der Waals surface area contributed by atoms with Crippen LogP contribution in [0.4, 0.5) is 0 Å².